The molecule has 0 radical (unpaired) electrons. The molecule has 0 saturated heterocycles. The molecular formula is C20H23N5. The number of aryl methyl sites for hydroxylation is 1. The minimum atomic E-state index is 0.316. The first-order valence-electron chi connectivity index (χ1n) is 8.95. The molecule has 1 fully saturated rings. The molecule has 25 heavy (non-hydrogen) atoms. The highest BCUT2D eigenvalue weighted by Gasteiger charge is 2.16. The molecule has 128 valence electrons. The molecule has 5 nitrogen and oxygen atoms in total. The minimum absolute atomic E-state index is 0.316. The van der Waals surface area contributed by atoms with Crippen LogP contribution in [0.25, 0.3) is 22.0 Å². The van der Waals surface area contributed by atoms with Crippen LogP contribution in [0.2, 0.25) is 0 Å². The third-order valence-corrected chi connectivity index (χ3v) is 4.87. The number of nitrogens with zero attached hydrogens (tertiary/aromatic N) is 3. The van der Waals surface area contributed by atoms with Gasteiger partial charge in [-0.15, -0.1) is 0 Å². The van der Waals surface area contributed by atoms with Gasteiger partial charge in [0.25, 0.3) is 0 Å². The molecule has 1 aliphatic rings. The molecule has 0 amide bonds. The number of aromatic nitrogens is 3. The average molecular weight is 333 g/mol. The maximum absolute atomic E-state index is 5.93. The molecular weight excluding hydrogens is 310 g/mol. The smallest absolute Gasteiger partial charge is 0.222 e. The van der Waals surface area contributed by atoms with Gasteiger partial charge < -0.3 is 11.1 Å². The van der Waals surface area contributed by atoms with Crippen LogP contribution in [-0.2, 0) is 0 Å². The summed E-state index contributed by atoms with van der Waals surface area (Å²) in [7, 11) is 0. The van der Waals surface area contributed by atoms with E-state index in [1.54, 1.807) is 0 Å². The molecule has 5 heteroatoms. The second kappa shape index (κ2) is 6.67. The molecule has 1 saturated carbocycles. The Morgan fingerprint density at radius 3 is 2.64 bits per heavy atom. The Hall–Kier alpha value is -2.69. The summed E-state index contributed by atoms with van der Waals surface area (Å²) in [6.07, 6.45) is 10.0. The summed E-state index contributed by atoms with van der Waals surface area (Å²) in [5.74, 6) is 1.16. The average Bonchev–Trinajstić information content (AvgIpc) is 2.62. The summed E-state index contributed by atoms with van der Waals surface area (Å²) in [5, 5.41) is 4.62. The molecule has 1 aromatic carbocycles. The predicted octanol–water partition coefficient (Wildman–Crippen LogP) is 4.33. The summed E-state index contributed by atoms with van der Waals surface area (Å²) in [6.45, 7) is 2.05. The van der Waals surface area contributed by atoms with Gasteiger partial charge in [-0.25, -0.2) is 4.98 Å². The molecule has 0 bridgehead atoms. The van der Waals surface area contributed by atoms with Crippen LogP contribution in [0.15, 0.2) is 36.7 Å². The molecule has 0 aliphatic heterocycles. The van der Waals surface area contributed by atoms with E-state index < -0.39 is 0 Å². The van der Waals surface area contributed by atoms with Crippen LogP contribution < -0.4 is 11.1 Å². The second-order valence-corrected chi connectivity index (χ2v) is 6.89. The minimum Gasteiger partial charge on any atom is -0.368 e. The molecule has 1 aliphatic carbocycles. The standard InChI is InChI=1S/C20H23N5/c1-13-9-15(12-22-11-13)14-7-8-18-17(10-14)19(25-20(21)24-18)23-16-5-3-2-4-6-16/h7-12,16H,2-6H2,1H3,(H3,21,23,24,25). The van der Waals surface area contributed by atoms with E-state index >= 15 is 0 Å². The maximum Gasteiger partial charge on any atom is 0.222 e. The lowest BCUT2D eigenvalue weighted by molar-refractivity contribution is 0.462. The number of rotatable bonds is 3. The van der Waals surface area contributed by atoms with Crippen molar-refractivity contribution in [3.05, 3.63) is 42.2 Å². The van der Waals surface area contributed by atoms with E-state index in [2.05, 4.69) is 45.4 Å². The van der Waals surface area contributed by atoms with E-state index in [0.29, 0.717) is 12.0 Å². The van der Waals surface area contributed by atoms with Gasteiger partial charge in [0.05, 0.1) is 5.52 Å². The lowest BCUT2D eigenvalue weighted by Crippen LogP contribution is -2.23. The fourth-order valence-corrected chi connectivity index (χ4v) is 3.59. The Balaban J connectivity index is 1.76. The van der Waals surface area contributed by atoms with Crippen molar-refractivity contribution in [1.82, 2.24) is 15.0 Å². The summed E-state index contributed by atoms with van der Waals surface area (Å²) in [5.41, 5.74) is 10.2. The zero-order valence-corrected chi connectivity index (χ0v) is 14.5. The number of nitrogens with two attached hydrogens (primary N) is 1. The number of nitrogen functional groups attached to an aromatic ring is 1. The summed E-state index contributed by atoms with van der Waals surface area (Å²) in [6, 6.07) is 8.82. The molecule has 0 atom stereocenters. The Kier molecular flexibility index (Phi) is 4.22. The highest BCUT2D eigenvalue weighted by Crippen LogP contribution is 2.30. The number of benzene rings is 1. The number of pyridine rings is 1. The zero-order valence-electron chi connectivity index (χ0n) is 14.5. The van der Waals surface area contributed by atoms with Crippen molar-refractivity contribution in [2.45, 2.75) is 45.1 Å². The Labute approximate surface area is 147 Å². The number of anilines is 2. The van der Waals surface area contributed by atoms with Gasteiger partial charge in [-0.2, -0.15) is 4.98 Å². The maximum atomic E-state index is 5.93. The van der Waals surface area contributed by atoms with Crippen molar-refractivity contribution >= 4 is 22.7 Å². The van der Waals surface area contributed by atoms with Gasteiger partial charge in [0.2, 0.25) is 5.95 Å². The normalized spacial score (nSPS) is 15.4. The lowest BCUT2D eigenvalue weighted by atomic mass is 9.95. The molecule has 2 heterocycles. The van der Waals surface area contributed by atoms with Crippen molar-refractivity contribution < 1.29 is 0 Å². The van der Waals surface area contributed by atoms with E-state index in [1.807, 2.05) is 18.5 Å². The highest BCUT2D eigenvalue weighted by molar-refractivity contribution is 5.93. The molecule has 0 spiro atoms. The van der Waals surface area contributed by atoms with Crippen LogP contribution in [0.3, 0.4) is 0 Å². The third kappa shape index (κ3) is 3.40. The number of hydrogen-bond acceptors (Lipinski definition) is 5. The van der Waals surface area contributed by atoms with Crippen LogP contribution in [0.4, 0.5) is 11.8 Å². The second-order valence-electron chi connectivity index (χ2n) is 6.89. The van der Waals surface area contributed by atoms with Crippen LogP contribution in [-0.4, -0.2) is 21.0 Å². The van der Waals surface area contributed by atoms with Crippen molar-refractivity contribution in [3.63, 3.8) is 0 Å². The van der Waals surface area contributed by atoms with E-state index in [1.165, 1.54) is 32.1 Å². The van der Waals surface area contributed by atoms with Gasteiger partial charge in [0.1, 0.15) is 5.82 Å². The van der Waals surface area contributed by atoms with Crippen molar-refractivity contribution in [3.8, 4) is 11.1 Å². The Morgan fingerprint density at radius 2 is 1.84 bits per heavy atom. The van der Waals surface area contributed by atoms with Gasteiger partial charge >= 0.3 is 0 Å². The lowest BCUT2D eigenvalue weighted by Gasteiger charge is -2.24. The predicted molar refractivity (Wildman–Crippen MR) is 102 cm³/mol. The van der Waals surface area contributed by atoms with Crippen LogP contribution in [0.1, 0.15) is 37.7 Å². The van der Waals surface area contributed by atoms with Crippen molar-refractivity contribution in [1.29, 1.82) is 0 Å². The Morgan fingerprint density at radius 1 is 1.00 bits per heavy atom. The van der Waals surface area contributed by atoms with E-state index in [9.17, 15) is 0 Å². The molecule has 0 unspecified atom stereocenters. The summed E-state index contributed by atoms with van der Waals surface area (Å²) in [4.78, 5) is 13.2. The van der Waals surface area contributed by atoms with Gasteiger partial charge in [0, 0.05) is 29.4 Å². The zero-order chi connectivity index (χ0) is 17.2. The van der Waals surface area contributed by atoms with Gasteiger partial charge in [-0.3, -0.25) is 4.98 Å². The first kappa shape index (κ1) is 15.8. The first-order chi connectivity index (χ1) is 12.2. The van der Waals surface area contributed by atoms with Crippen LogP contribution in [0, 0.1) is 6.92 Å². The van der Waals surface area contributed by atoms with Gasteiger partial charge in [-0.1, -0.05) is 25.3 Å². The number of nitrogens with one attached hydrogen (secondary N) is 1. The number of hydrogen-bond donors (Lipinski definition) is 2. The van der Waals surface area contributed by atoms with Crippen LogP contribution in [0.5, 0.6) is 0 Å². The van der Waals surface area contributed by atoms with E-state index in [-0.39, 0.29) is 0 Å². The van der Waals surface area contributed by atoms with E-state index in [4.69, 9.17) is 5.73 Å². The SMILES string of the molecule is Cc1cncc(-c2ccc3nc(N)nc(NC4CCCCC4)c3c2)c1. The first-order valence-corrected chi connectivity index (χ1v) is 8.95. The fourth-order valence-electron chi connectivity index (χ4n) is 3.59. The quantitative estimate of drug-likeness (QED) is 0.746. The van der Waals surface area contributed by atoms with E-state index in [0.717, 1.165) is 33.4 Å². The summed E-state index contributed by atoms with van der Waals surface area (Å²) >= 11 is 0. The third-order valence-electron chi connectivity index (χ3n) is 4.87. The topological polar surface area (TPSA) is 76.7 Å². The molecule has 4 rings (SSSR count). The largest absolute Gasteiger partial charge is 0.368 e. The monoisotopic (exact) mass is 333 g/mol. The molecule has 3 aromatic rings. The number of fused-ring (bicyclic) bond motifs is 1. The van der Waals surface area contributed by atoms with Gasteiger partial charge in [0.15, 0.2) is 0 Å². The summed E-state index contributed by atoms with van der Waals surface area (Å²) < 4.78 is 0. The van der Waals surface area contributed by atoms with Crippen LogP contribution >= 0.6 is 0 Å². The van der Waals surface area contributed by atoms with Gasteiger partial charge in [-0.05, 0) is 49.1 Å². The molecule has 3 N–H and O–H groups in total. The molecule has 2 aromatic heterocycles. The van der Waals surface area contributed by atoms with Crippen molar-refractivity contribution in [2.75, 3.05) is 11.1 Å². The highest BCUT2D eigenvalue weighted by atomic mass is 15.1. The Bertz CT molecular complexity index is 900. The van der Waals surface area contributed by atoms with Crippen molar-refractivity contribution in [2.24, 2.45) is 0 Å². The fraction of sp³-hybridized carbons (Fsp3) is 0.350.